The van der Waals surface area contributed by atoms with E-state index in [4.69, 9.17) is 0 Å². The second kappa shape index (κ2) is 11.1. The molecule has 0 aliphatic carbocycles. The summed E-state index contributed by atoms with van der Waals surface area (Å²) in [7, 11) is 2.14. The van der Waals surface area contributed by atoms with Crippen LogP contribution in [0.25, 0.3) is 0 Å². The third-order valence-electron chi connectivity index (χ3n) is 4.90. The maximum atomic E-state index is 12.9. The quantitative estimate of drug-likeness (QED) is 0.583. The van der Waals surface area contributed by atoms with Crippen molar-refractivity contribution in [3.63, 3.8) is 0 Å². The summed E-state index contributed by atoms with van der Waals surface area (Å²) in [6.07, 6.45) is 1.68. The second-order valence-corrected chi connectivity index (χ2v) is 8.37. The molecule has 0 unspecified atom stereocenters. The number of nitrogens with one attached hydrogen (secondary N) is 2. The molecule has 0 atom stereocenters. The van der Waals surface area contributed by atoms with Crippen molar-refractivity contribution in [2.75, 3.05) is 51.6 Å². The Morgan fingerprint density at radius 2 is 1.87 bits per heavy atom. The van der Waals surface area contributed by atoms with Gasteiger partial charge in [-0.15, -0.1) is 10.2 Å². The van der Waals surface area contributed by atoms with E-state index in [1.54, 1.807) is 0 Å². The van der Waals surface area contributed by atoms with E-state index in [1.807, 2.05) is 0 Å². The first-order valence-corrected chi connectivity index (χ1v) is 10.9. The van der Waals surface area contributed by atoms with Gasteiger partial charge in [0, 0.05) is 51.3 Å². The smallest absolute Gasteiger partial charge is 0.286 e. The van der Waals surface area contributed by atoms with E-state index in [-0.39, 0.29) is 16.7 Å². The number of piperazine rings is 1. The molecule has 162 valence electrons. The van der Waals surface area contributed by atoms with Gasteiger partial charge in [0.1, 0.15) is 10.8 Å². The van der Waals surface area contributed by atoms with Gasteiger partial charge in [-0.25, -0.2) is 4.39 Å². The highest BCUT2D eigenvalue weighted by atomic mass is 32.1. The second-order valence-electron chi connectivity index (χ2n) is 7.31. The summed E-state index contributed by atoms with van der Waals surface area (Å²) >= 11 is 1.15. The molecule has 3 rings (SSSR count). The highest BCUT2D eigenvalue weighted by molar-refractivity contribution is 7.13. The number of aromatic nitrogens is 2. The number of carbonyl (C=O) groups excluding carboxylic acids is 2. The van der Waals surface area contributed by atoms with E-state index < -0.39 is 5.91 Å². The summed E-state index contributed by atoms with van der Waals surface area (Å²) < 4.78 is 12.9. The average molecular weight is 435 g/mol. The maximum Gasteiger partial charge on any atom is 0.286 e. The number of likely N-dealkylation sites (N-methyl/N-ethyl adjacent to an activating group) is 1. The summed E-state index contributed by atoms with van der Waals surface area (Å²) in [6.45, 7) is 6.01. The number of rotatable bonds is 9. The predicted octanol–water partition coefficient (Wildman–Crippen LogP) is 1.62. The summed E-state index contributed by atoms with van der Waals surface area (Å²) in [5.41, 5.74) is 0.481. The van der Waals surface area contributed by atoms with Crippen LogP contribution < -0.4 is 10.6 Å². The van der Waals surface area contributed by atoms with E-state index in [2.05, 4.69) is 37.7 Å². The van der Waals surface area contributed by atoms with E-state index >= 15 is 0 Å². The zero-order chi connectivity index (χ0) is 21.3. The zero-order valence-electron chi connectivity index (χ0n) is 17.1. The van der Waals surface area contributed by atoms with E-state index in [0.29, 0.717) is 30.1 Å². The Morgan fingerprint density at radius 1 is 1.13 bits per heavy atom. The van der Waals surface area contributed by atoms with Gasteiger partial charge >= 0.3 is 0 Å². The van der Waals surface area contributed by atoms with Crippen LogP contribution in [0.3, 0.4) is 0 Å². The largest absolute Gasteiger partial charge is 0.356 e. The van der Waals surface area contributed by atoms with Crippen LogP contribution in [0, 0.1) is 5.82 Å². The lowest BCUT2D eigenvalue weighted by atomic mass is 10.3. The molecule has 0 spiro atoms. The molecule has 2 amide bonds. The minimum Gasteiger partial charge on any atom is -0.356 e. The summed E-state index contributed by atoms with van der Waals surface area (Å²) in [5, 5.41) is 14.3. The minimum atomic E-state index is -0.404. The summed E-state index contributed by atoms with van der Waals surface area (Å²) in [5.74, 6) is -0.802. The fourth-order valence-electron chi connectivity index (χ4n) is 3.07. The third-order valence-corrected chi connectivity index (χ3v) is 5.88. The Balaban J connectivity index is 1.32. The monoisotopic (exact) mass is 434 g/mol. The Labute approximate surface area is 179 Å². The van der Waals surface area contributed by atoms with Crippen molar-refractivity contribution in [2.45, 2.75) is 19.3 Å². The first-order chi connectivity index (χ1) is 14.5. The van der Waals surface area contributed by atoms with Crippen LogP contribution >= 0.6 is 11.3 Å². The molecule has 2 aromatic rings. The molecule has 1 aliphatic rings. The lowest BCUT2D eigenvalue weighted by Crippen LogP contribution is -2.45. The number of hydrogen-bond donors (Lipinski definition) is 2. The summed E-state index contributed by atoms with van der Waals surface area (Å²) in [4.78, 5) is 29.0. The molecule has 10 heteroatoms. The topological polar surface area (TPSA) is 90.5 Å². The van der Waals surface area contributed by atoms with Gasteiger partial charge in [0.25, 0.3) is 5.91 Å². The van der Waals surface area contributed by atoms with Gasteiger partial charge in [0.05, 0.1) is 0 Å². The fourth-order valence-corrected chi connectivity index (χ4v) is 3.81. The number of benzene rings is 1. The molecule has 8 nitrogen and oxygen atoms in total. The lowest BCUT2D eigenvalue weighted by Gasteiger charge is -2.32. The summed E-state index contributed by atoms with van der Waals surface area (Å²) in [6, 6.07) is 5.49. The number of hydrogen-bond acceptors (Lipinski definition) is 7. The van der Waals surface area contributed by atoms with Crippen molar-refractivity contribution < 1.29 is 14.0 Å². The van der Waals surface area contributed by atoms with E-state index in [9.17, 15) is 14.0 Å². The fraction of sp³-hybridized carbons (Fsp3) is 0.500. The van der Waals surface area contributed by atoms with E-state index in [1.165, 1.54) is 24.3 Å². The molecule has 1 saturated heterocycles. The minimum absolute atomic E-state index is 0.0270. The average Bonchev–Trinajstić information content (AvgIpc) is 3.22. The molecule has 1 fully saturated rings. The van der Waals surface area contributed by atoms with Gasteiger partial charge < -0.3 is 20.4 Å². The molecule has 2 N–H and O–H groups in total. The van der Waals surface area contributed by atoms with Crippen molar-refractivity contribution in [3.8, 4) is 0 Å². The number of nitrogens with zero attached hydrogens (tertiary/aromatic N) is 4. The van der Waals surface area contributed by atoms with Crippen molar-refractivity contribution >= 4 is 28.8 Å². The Kier molecular flexibility index (Phi) is 8.23. The standard InChI is InChI=1S/C20H27FN6O2S/c1-26-11-13-27(14-12-26)10-2-9-22-17(28)7-8-18-24-25-20(30-18)19(29)23-16-5-3-15(21)4-6-16/h3-6H,2,7-14H2,1H3,(H,22,28)(H,23,29). The van der Waals surface area contributed by atoms with Crippen molar-refractivity contribution in [1.29, 1.82) is 0 Å². The van der Waals surface area contributed by atoms with Gasteiger partial charge in [-0.05, 0) is 44.3 Å². The Morgan fingerprint density at radius 3 is 2.60 bits per heavy atom. The molecule has 0 radical (unpaired) electrons. The Bertz CT molecular complexity index is 836. The number of anilines is 1. The molecule has 1 aliphatic heterocycles. The van der Waals surface area contributed by atoms with Gasteiger partial charge in [-0.2, -0.15) is 0 Å². The molecule has 30 heavy (non-hydrogen) atoms. The molecular weight excluding hydrogens is 407 g/mol. The van der Waals surface area contributed by atoms with Gasteiger partial charge in [-0.1, -0.05) is 11.3 Å². The molecule has 2 heterocycles. The van der Waals surface area contributed by atoms with Gasteiger partial charge in [0.15, 0.2) is 0 Å². The van der Waals surface area contributed by atoms with Crippen molar-refractivity contribution in [2.24, 2.45) is 0 Å². The lowest BCUT2D eigenvalue weighted by molar-refractivity contribution is -0.121. The van der Waals surface area contributed by atoms with Crippen LogP contribution in [0.4, 0.5) is 10.1 Å². The van der Waals surface area contributed by atoms with Crippen LogP contribution in [0.2, 0.25) is 0 Å². The van der Waals surface area contributed by atoms with Crippen LogP contribution in [0.15, 0.2) is 24.3 Å². The SMILES string of the molecule is CN1CCN(CCCNC(=O)CCc2nnc(C(=O)Nc3ccc(F)cc3)s2)CC1. The van der Waals surface area contributed by atoms with Crippen molar-refractivity contribution in [3.05, 3.63) is 40.1 Å². The Hall–Kier alpha value is -2.43. The van der Waals surface area contributed by atoms with E-state index in [0.717, 1.165) is 50.5 Å². The highest BCUT2D eigenvalue weighted by Gasteiger charge is 2.15. The van der Waals surface area contributed by atoms with Crippen molar-refractivity contribution in [1.82, 2.24) is 25.3 Å². The predicted molar refractivity (Wildman–Crippen MR) is 114 cm³/mol. The number of amides is 2. The number of halogens is 1. The number of carbonyl (C=O) groups is 2. The molecule has 0 saturated carbocycles. The molecule has 1 aromatic heterocycles. The zero-order valence-corrected chi connectivity index (χ0v) is 17.9. The molecular formula is C20H27FN6O2S. The third kappa shape index (κ3) is 7.12. The molecule has 1 aromatic carbocycles. The van der Waals surface area contributed by atoms with Crippen LogP contribution in [0.5, 0.6) is 0 Å². The maximum absolute atomic E-state index is 12.9. The first-order valence-electron chi connectivity index (χ1n) is 10.1. The normalized spacial score (nSPS) is 15.1. The first kappa shape index (κ1) is 22.3. The van der Waals surface area contributed by atoms with Crippen LogP contribution in [-0.4, -0.2) is 78.1 Å². The highest BCUT2D eigenvalue weighted by Crippen LogP contribution is 2.15. The van der Waals surface area contributed by atoms with Gasteiger partial charge in [0.2, 0.25) is 10.9 Å². The number of aryl methyl sites for hydroxylation is 1. The van der Waals surface area contributed by atoms with Crippen LogP contribution in [-0.2, 0) is 11.2 Å². The molecule has 0 bridgehead atoms. The van der Waals surface area contributed by atoms with Gasteiger partial charge in [-0.3, -0.25) is 9.59 Å². The van der Waals surface area contributed by atoms with Crippen LogP contribution in [0.1, 0.15) is 27.7 Å².